The summed E-state index contributed by atoms with van der Waals surface area (Å²) in [6.07, 6.45) is 7.02. The predicted octanol–water partition coefficient (Wildman–Crippen LogP) is 2.35. The van der Waals surface area contributed by atoms with E-state index in [1.165, 1.54) is 19.3 Å². The lowest BCUT2D eigenvalue weighted by molar-refractivity contribution is 0.00305. The third-order valence-electron chi connectivity index (χ3n) is 3.77. The Morgan fingerprint density at radius 2 is 1.90 bits per heavy atom. The molecule has 20 heavy (non-hydrogen) atoms. The van der Waals surface area contributed by atoms with Crippen molar-refractivity contribution in [3.8, 4) is 0 Å². The predicted molar refractivity (Wildman–Crippen MR) is 82.0 cm³/mol. The average Bonchev–Trinajstić information content (AvgIpc) is 3.26. The Hall–Kier alpha value is -0.160. The van der Waals surface area contributed by atoms with Gasteiger partial charge in [0.15, 0.2) is 0 Å². The van der Waals surface area contributed by atoms with E-state index in [-0.39, 0.29) is 0 Å². The van der Waals surface area contributed by atoms with Crippen LogP contribution in [0.4, 0.5) is 0 Å². The highest BCUT2D eigenvalue weighted by atomic mass is 16.5. The zero-order valence-electron chi connectivity index (χ0n) is 13.3. The Labute approximate surface area is 124 Å². The largest absolute Gasteiger partial charge is 0.389 e. The first-order valence-corrected chi connectivity index (χ1v) is 8.33. The van der Waals surface area contributed by atoms with Gasteiger partial charge in [0.1, 0.15) is 0 Å². The van der Waals surface area contributed by atoms with Crippen molar-refractivity contribution in [3.05, 3.63) is 0 Å². The molecule has 0 aliphatic heterocycles. The van der Waals surface area contributed by atoms with Crippen LogP contribution < -0.4 is 5.32 Å². The molecule has 0 radical (unpaired) electrons. The molecular weight excluding hydrogens is 254 g/mol. The number of unbranched alkanes of at least 4 members (excludes halogenated alkanes) is 1. The maximum absolute atomic E-state index is 9.86. The summed E-state index contributed by atoms with van der Waals surface area (Å²) in [5.41, 5.74) is 0. The molecule has 2 atom stereocenters. The van der Waals surface area contributed by atoms with Crippen LogP contribution >= 0.6 is 0 Å². The summed E-state index contributed by atoms with van der Waals surface area (Å²) in [5, 5.41) is 13.3. The number of hydrogen-bond donors (Lipinski definition) is 2. The van der Waals surface area contributed by atoms with E-state index in [0.717, 1.165) is 31.8 Å². The van der Waals surface area contributed by atoms with Crippen LogP contribution in [0.2, 0.25) is 0 Å². The molecule has 1 aliphatic carbocycles. The maximum Gasteiger partial charge on any atom is 0.0897 e. The lowest BCUT2D eigenvalue weighted by Gasteiger charge is -2.19. The fraction of sp³-hybridized carbons (Fsp3) is 1.00. The van der Waals surface area contributed by atoms with Crippen molar-refractivity contribution in [3.63, 3.8) is 0 Å². The van der Waals surface area contributed by atoms with Crippen LogP contribution in [0.1, 0.15) is 52.4 Å². The molecule has 1 rings (SSSR count). The van der Waals surface area contributed by atoms with E-state index in [9.17, 15) is 5.11 Å². The van der Waals surface area contributed by atoms with Gasteiger partial charge in [0.2, 0.25) is 0 Å². The Morgan fingerprint density at radius 3 is 2.55 bits per heavy atom. The van der Waals surface area contributed by atoms with E-state index in [4.69, 9.17) is 9.47 Å². The van der Waals surface area contributed by atoms with Crippen molar-refractivity contribution in [1.82, 2.24) is 5.32 Å². The van der Waals surface area contributed by atoms with Gasteiger partial charge in [0.05, 0.1) is 25.9 Å². The van der Waals surface area contributed by atoms with Crippen LogP contribution in [0, 0.1) is 5.92 Å². The molecule has 1 aliphatic rings. The third-order valence-corrected chi connectivity index (χ3v) is 3.77. The molecule has 0 heterocycles. The van der Waals surface area contributed by atoms with Crippen LogP contribution in [-0.4, -0.2) is 50.2 Å². The van der Waals surface area contributed by atoms with Crippen molar-refractivity contribution in [2.75, 3.05) is 33.0 Å². The van der Waals surface area contributed by atoms with Crippen molar-refractivity contribution in [2.45, 2.75) is 64.5 Å². The second kappa shape index (κ2) is 11.5. The van der Waals surface area contributed by atoms with Gasteiger partial charge in [-0.15, -0.1) is 0 Å². The molecule has 2 N–H and O–H groups in total. The number of hydrogen-bond acceptors (Lipinski definition) is 4. The van der Waals surface area contributed by atoms with Gasteiger partial charge in [0.25, 0.3) is 0 Å². The quantitative estimate of drug-likeness (QED) is 0.482. The highest BCUT2D eigenvalue weighted by Crippen LogP contribution is 2.33. The van der Waals surface area contributed by atoms with Gasteiger partial charge in [-0.3, -0.25) is 0 Å². The average molecular weight is 287 g/mol. The van der Waals surface area contributed by atoms with Crippen LogP contribution in [0.3, 0.4) is 0 Å². The number of rotatable bonds is 14. The van der Waals surface area contributed by atoms with Crippen LogP contribution in [-0.2, 0) is 9.47 Å². The van der Waals surface area contributed by atoms with E-state index in [1.807, 2.05) is 0 Å². The highest BCUT2D eigenvalue weighted by molar-refractivity contribution is 4.80. The van der Waals surface area contributed by atoms with Crippen LogP contribution in [0.5, 0.6) is 0 Å². The molecule has 1 fully saturated rings. The molecule has 4 heteroatoms. The summed E-state index contributed by atoms with van der Waals surface area (Å²) in [5.74, 6) is 0.932. The Bertz CT molecular complexity index is 222. The summed E-state index contributed by atoms with van der Waals surface area (Å²) < 4.78 is 10.8. The van der Waals surface area contributed by atoms with Gasteiger partial charge in [-0.2, -0.15) is 0 Å². The van der Waals surface area contributed by atoms with Gasteiger partial charge in [-0.25, -0.2) is 0 Å². The highest BCUT2D eigenvalue weighted by Gasteiger charge is 2.24. The van der Waals surface area contributed by atoms with E-state index in [1.54, 1.807) is 0 Å². The zero-order valence-corrected chi connectivity index (χ0v) is 13.3. The minimum atomic E-state index is -0.418. The lowest BCUT2D eigenvalue weighted by Crippen LogP contribution is -2.37. The lowest BCUT2D eigenvalue weighted by atomic mass is 10.1. The van der Waals surface area contributed by atoms with Crippen molar-refractivity contribution in [1.29, 1.82) is 0 Å². The maximum atomic E-state index is 9.86. The first-order valence-electron chi connectivity index (χ1n) is 8.33. The number of ether oxygens (including phenoxy) is 2. The van der Waals surface area contributed by atoms with E-state index in [0.29, 0.717) is 32.4 Å². The molecule has 2 unspecified atom stereocenters. The molecule has 0 spiro atoms. The smallest absolute Gasteiger partial charge is 0.0897 e. The minimum absolute atomic E-state index is 0.393. The molecule has 0 saturated heterocycles. The number of nitrogens with one attached hydrogen (secondary N) is 1. The van der Waals surface area contributed by atoms with Gasteiger partial charge >= 0.3 is 0 Å². The van der Waals surface area contributed by atoms with Crippen molar-refractivity contribution < 1.29 is 14.6 Å². The van der Waals surface area contributed by atoms with Gasteiger partial charge in [-0.1, -0.05) is 33.1 Å². The summed E-state index contributed by atoms with van der Waals surface area (Å²) in [6.45, 7) is 7.38. The van der Waals surface area contributed by atoms with Crippen molar-refractivity contribution in [2.24, 2.45) is 5.92 Å². The van der Waals surface area contributed by atoms with Gasteiger partial charge in [-0.05, 0) is 25.2 Å². The SMILES string of the molecule is CCCCOCCOCC(O)CNC(CC)CC1CC1. The van der Waals surface area contributed by atoms with Crippen LogP contribution in [0.25, 0.3) is 0 Å². The summed E-state index contributed by atoms with van der Waals surface area (Å²) in [6, 6.07) is 0.550. The van der Waals surface area contributed by atoms with E-state index >= 15 is 0 Å². The standard InChI is InChI=1S/C16H33NO3/c1-3-5-8-19-9-10-20-13-16(18)12-17-15(4-2)11-14-6-7-14/h14-18H,3-13H2,1-2H3. The Morgan fingerprint density at radius 1 is 1.15 bits per heavy atom. The molecule has 120 valence electrons. The number of aliphatic hydroxyl groups excluding tert-OH is 1. The van der Waals surface area contributed by atoms with Gasteiger partial charge in [0, 0.05) is 19.2 Å². The third kappa shape index (κ3) is 9.70. The van der Waals surface area contributed by atoms with E-state index in [2.05, 4.69) is 19.2 Å². The first-order chi connectivity index (χ1) is 9.76. The Kier molecular flexibility index (Phi) is 10.3. The van der Waals surface area contributed by atoms with Crippen molar-refractivity contribution >= 4 is 0 Å². The topological polar surface area (TPSA) is 50.7 Å². The molecule has 0 aromatic rings. The zero-order chi connectivity index (χ0) is 14.6. The molecule has 1 saturated carbocycles. The summed E-state index contributed by atoms with van der Waals surface area (Å²) in [4.78, 5) is 0. The fourth-order valence-electron chi connectivity index (χ4n) is 2.20. The first kappa shape index (κ1) is 17.9. The molecule has 0 aromatic heterocycles. The van der Waals surface area contributed by atoms with E-state index < -0.39 is 6.10 Å². The summed E-state index contributed by atoms with van der Waals surface area (Å²) >= 11 is 0. The monoisotopic (exact) mass is 287 g/mol. The minimum Gasteiger partial charge on any atom is -0.389 e. The second-order valence-electron chi connectivity index (χ2n) is 5.89. The molecule has 0 bridgehead atoms. The Balaban J connectivity index is 1.89. The molecule has 0 amide bonds. The normalized spacial score (nSPS) is 18.1. The second-order valence-corrected chi connectivity index (χ2v) is 5.89. The number of aliphatic hydroxyl groups is 1. The molecular formula is C16H33NO3. The molecule has 4 nitrogen and oxygen atoms in total. The fourth-order valence-corrected chi connectivity index (χ4v) is 2.20. The summed E-state index contributed by atoms with van der Waals surface area (Å²) in [7, 11) is 0. The van der Waals surface area contributed by atoms with Gasteiger partial charge < -0.3 is 19.9 Å². The molecule has 0 aromatic carbocycles. The van der Waals surface area contributed by atoms with Crippen LogP contribution in [0.15, 0.2) is 0 Å².